The topological polar surface area (TPSA) is 70.5 Å². The molecule has 0 aromatic carbocycles. The Balaban J connectivity index is 2.97. The molecule has 1 rings (SSSR count). The summed E-state index contributed by atoms with van der Waals surface area (Å²) in [7, 11) is 0. The number of carbonyl (C=O) groups excluding carboxylic acids is 1. The van der Waals surface area contributed by atoms with Crippen LogP contribution in [-0.2, 0) is 4.79 Å². The Bertz CT molecular complexity index is 474. The number of pyridine rings is 1. The zero-order valence-electron chi connectivity index (χ0n) is 10.6. The lowest BCUT2D eigenvalue weighted by Gasteiger charge is -2.27. The maximum atomic E-state index is 12.3. The Hall–Kier alpha value is -1.33. The van der Waals surface area contributed by atoms with Gasteiger partial charge in [0.1, 0.15) is 10.3 Å². The van der Waals surface area contributed by atoms with E-state index < -0.39 is 12.0 Å². The van der Waals surface area contributed by atoms with Crippen molar-refractivity contribution in [2.24, 2.45) is 0 Å². The molecule has 0 saturated heterocycles. The van der Waals surface area contributed by atoms with Gasteiger partial charge in [0.05, 0.1) is 6.42 Å². The average molecular weight is 305 g/mol. The first-order valence-electron chi connectivity index (χ1n) is 5.71. The fourth-order valence-corrected chi connectivity index (χ4v) is 2.23. The maximum Gasteiger partial charge on any atom is 0.305 e. The molecule has 1 heterocycles. The number of aromatic nitrogens is 1. The molecule has 7 heteroatoms. The number of carboxylic acid groups (broad SMARTS) is 1. The van der Waals surface area contributed by atoms with Crippen molar-refractivity contribution in [2.75, 3.05) is 6.54 Å². The maximum absolute atomic E-state index is 12.3. The average Bonchev–Trinajstić information content (AvgIpc) is 2.27. The molecule has 0 spiro atoms. The van der Waals surface area contributed by atoms with Crippen molar-refractivity contribution in [2.45, 2.75) is 26.3 Å². The van der Waals surface area contributed by atoms with Gasteiger partial charge in [-0.1, -0.05) is 23.2 Å². The minimum Gasteiger partial charge on any atom is -0.481 e. The predicted molar refractivity (Wildman–Crippen MR) is 72.7 cm³/mol. The fourth-order valence-electron chi connectivity index (χ4n) is 1.77. The van der Waals surface area contributed by atoms with E-state index in [1.54, 1.807) is 13.8 Å². The summed E-state index contributed by atoms with van der Waals surface area (Å²) < 4.78 is 0. The normalized spacial score (nSPS) is 12.0. The zero-order chi connectivity index (χ0) is 14.6. The summed E-state index contributed by atoms with van der Waals surface area (Å²) >= 11 is 11.5. The van der Waals surface area contributed by atoms with E-state index in [1.807, 2.05) is 0 Å². The van der Waals surface area contributed by atoms with Crippen molar-refractivity contribution in [1.29, 1.82) is 0 Å². The van der Waals surface area contributed by atoms with Crippen LogP contribution in [0.15, 0.2) is 12.1 Å². The minimum atomic E-state index is -0.954. The third kappa shape index (κ3) is 4.36. The van der Waals surface area contributed by atoms with Crippen molar-refractivity contribution >= 4 is 35.1 Å². The van der Waals surface area contributed by atoms with Gasteiger partial charge in [-0.2, -0.15) is 0 Å². The molecule has 1 aromatic heterocycles. The second-order valence-electron chi connectivity index (χ2n) is 4.04. The lowest BCUT2D eigenvalue weighted by atomic mass is 10.1. The van der Waals surface area contributed by atoms with Gasteiger partial charge in [0.2, 0.25) is 0 Å². The molecule has 104 valence electrons. The number of aliphatic carboxylic acids is 1. The van der Waals surface area contributed by atoms with Gasteiger partial charge < -0.3 is 10.0 Å². The summed E-state index contributed by atoms with van der Waals surface area (Å²) in [6.45, 7) is 3.85. The fraction of sp³-hybridized carbons (Fsp3) is 0.417. The summed E-state index contributed by atoms with van der Waals surface area (Å²) in [5.74, 6) is -1.27. The van der Waals surface area contributed by atoms with Crippen molar-refractivity contribution in [3.8, 4) is 0 Å². The Morgan fingerprint density at radius 3 is 2.32 bits per heavy atom. The van der Waals surface area contributed by atoms with Crippen LogP contribution in [-0.4, -0.2) is 39.5 Å². The summed E-state index contributed by atoms with van der Waals surface area (Å²) in [6.07, 6.45) is -0.119. The highest BCUT2D eigenvalue weighted by molar-refractivity contribution is 6.33. The van der Waals surface area contributed by atoms with Crippen molar-refractivity contribution in [3.05, 3.63) is 28.0 Å². The van der Waals surface area contributed by atoms with E-state index in [1.165, 1.54) is 17.0 Å². The van der Waals surface area contributed by atoms with Crippen LogP contribution in [0.1, 0.15) is 30.6 Å². The molecule has 0 aliphatic rings. The monoisotopic (exact) mass is 304 g/mol. The number of rotatable bonds is 5. The second kappa shape index (κ2) is 6.73. The number of amides is 1. The molecule has 0 saturated carbocycles. The summed E-state index contributed by atoms with van der Waals surface area (Å²) in [4.78, 5) is 28.2. The molecular weight excluding hydrogens is 291 g/mol. The smallest absolute Gasteiger partial charge is 0.305 e. The molecule has 1 amide bonds. The Kier molecular flexibility index (Phi) is 5.57. The SMILES string of the molecule is CCN(C(=O)c1cc(Cl)nc(Cl)c1)C(C)CC(=O)O. The molecule has 19 heavy (non-hydrogen) atoms. The highest BCUT2D eigenvalue weighted by Crippen LogP contribution is 2.18. The van der Waals surface area contributed by atoms with Gasteiger partial charge in [-0.3, -0.25) is 9.59 Å². The van der Waals surface area contributed by atoms with E-state index in [4.69, 9.17) is 28.3 Å². The molecule has 0 aliphatic carbocycles. The number of hydrogen-bond acceptors (Lipinski definition) is 3. The van der Waals surface area contributed by atoms with Crippen molar-refractivity contribution in [1.82, 2.24) is 9.88 Å². The highest BCUT2D eigenvalue weighted by Gasteiger charge is 2.22. The van der Waals surface area contributed by atoms with Crippen LogP contribution in [0.5, 0.6) is 0 Å². The van der Waals surface area contributed by atoms with Crippen LogP contribution < -0.4 is 0 Å². The number of carboxylic acids is 1. The van der Waals surface area contributed by atoms with Gasteiger partial charge in [-0.15, -0.1) is 0 Å². The van der Waals surface area contributed by atoms with Gasteiger partial charge in [-0.25, -0.2) is 4.98 Å². The summed E-state index contributed by atoms with van der Waals surface area (Å²) in [5.41, 5.74) is 0.295. The first-order valence-corrected chi connectivity index (χ1v) is 6.46. The van der Waals surface area contributed by atoms with Crippen LogP contribution in [0.3, 0.4) is 0 Å². The van der Waals surface area contributed by atoms with Gasteiger partial charge in [-0.05, 0) is 26.0 Å². The highest BCUT2D eigenvalue weighted by atomic mass is 35.5. The van der Waals surface area contributed by atoms with Crippen LogP contribution in [0.2, 0.25) is 10.3 Å². The molecule has 1 atom stereocenters. The van der Waals surface area contributed by atoms with Crippen LogP contribution in [0.25, 0.3) is 0 Å². The van der Waals surface area contributed by atoms with Gasteiger partial charge in [0.15, 0.2) is 0 Å². The molecule has 5 nitrogen and oxygen atoms in total. The number of halogens is 2. The minimum absolute atomic E-state index is 0.119. The Morgan fingerprint density at radius 2 is 1.89 bits per heavy atom. The van der Waals surface area contributed by atoms with Crippen molar-refractivity contribution in [3.63, 3.8) is 0 Å². The summed E-state index contributed by atoms with van der Waals surface area (Å²) in [5, 5.41) is 9.02. The Morgan fingerprint density at radius 1 is 1.37 bits per heavy atom. The molecule has 0 aliphatic heterocycles. The molecule has 0 radical (unpaired) electrons. The standard InChI is InChI=1S/C12H14Cl2N2O3/c1-3-16(7(2)4-11(17)18)12(19)8-5-9(13)15-10(14)6-8/h5-7H,3-4H2,1-2H3,(H,17,18). The molecule has 1 unspecified atom stereocenters. The molecule has 1 aromatic rings. The van der Waals surface area contributed by atoms with E-state index >= 15 is 0 Å². The van der Waals surface area contributed by atoms with Gasteiger partial charge in [0, 0.05) is 18.2 Å². The largest absolute Gasteiger partial charge is 0.481 e. The van der Waals surface area contributed by atoms with E-state index in [-0.39, 0.29) is 22.6 Å². The van der Waals surface area contributed by atoms with Gasteiger partial charge in [0.25, 0.3) is 5.91 Å². The van der Waals surface area contributed by atoms with E-state index in [0.717, 1.165) is 0 Å². The first-order chi connectivity index (χ1) is 8.85. The molecular formula is C12H14Cl2N2O3. The lowest BCUT2D eigenvalue weighted by Crippen LogP contribution is -2.39. The quantitative estimate of drug-likeness (QED) is 0.849. The van der Waals surface area contributed by atoms with E-state index in [9.17, 15) is 9.59 Å². The third-order valence-corrected chi connectivity index (χ3v) is 3.00. The number of nitrogens with zero attached hydrogens (tertiary/aromatic N) is 2. The van der Waals surface area contributed by atoms with Crippen LogP contribution in [0.4, 0.5) is 0 Å². The molecule has 0 bridgehead atoms. The predicted octanol–water partition coefficient (Wildman–Crippen LogP) is 2.71. The van der Waals surface area contributed by atoms with E-state index in [0.29, 0.717) is 12.1 Å². The Labute approximate surface area is 121 Å². The number of carbonyl (C=O) groups is 2. The number of hydrogen-bond donors (Lipinski definition) is 1. The van der Waals surface area contributed by atoms with Crippen LogP contribution >= 0.6 is 23.2 Å². The molecule has 1 N–H and O–H groups in total. The second-order valence-corrected chi connectivity index (χ2v) is 4.81. The zero-order valence-corrected chi connectivity index (χ0v) is 12.1. The molecule has 0 fully saturated rings. The van der Waals surface area contributed by atoms with Gasteiger partial charge >= 0.3 is 5.97 Å². The third-order valence-electron chi connectivity index (χ3n) is 2.61. The lowest BCUT2D eigenvalue weighted by molar-refractivity contribution is -0.138. The van der Waals surface area contributed by atoms with Crippen molar-refractivity contribution < 1.29 is 14.7 Å². The van der Waals surface area contributed by atoms with E-state index in [2.05, 4.69) is 4.98 Å². The van der Waals surface area contributed by atoms with Crippen LogP contribution in [0, 0.1) is 0 Å². The summed E-state index contributed by atoms with van der Waals surface area (Å²) in [6, 6.07) is 2.40. The first kappa shape index (κ1) is 15.7.